The highest BCUT2D eigenvalue weighted by Crippen LogP contribution is 2.31. The summed E-state index contributed by atoms with van der Waals surface area (Å²) in [5, 5.41) is 14.5. The van der Waals surface area contributed by atoms with Crippen LogP contribution in [0.3, 0.4) is 0 Å². The van der Waals surface area contributed by atoms with Crippen molar-refractivity contribution >= 4 is 17.6 Å². The monoisotopic (exact) mass is 309 g/mol. The summed E-state index contributed by atoms with van der Waals surface area (Å²) >= 11 is 0. The van der Waals surface area contributed by atoms with E-state index in [1.54, 1.807) is 6.07 Å². The lowest BCUT2D eigenvalue weighted by Crippen LogP contribution is -2.09. The minimum absolute atomic E-state index is 0.0910. The summed E-state index contributed by atoms with van der Waals surface area (Å²) < 4.78 is 38.4. The second-order valence-electron chi connectivity index (χ2n) is 4.23. The van der Waals surface area contributed by atoms with E-state index in [-0.39, 0.29) is 16.9 Å². The Balaban J connectivity index is 2.23. The molecule has 2 rings (SSSR count). The van der Waals surface area contributed by atoms with E-state index in [1.807, 2.05) is 0 Å². The first-order valence-corrected chi connectivity index (χ1v) is 6.08. The fraction of sp³-hybridized carbons (Fsp3) is 0.0714. The Morgan fingerprint density at radius 3 is 2.41 bits per heavy atom. The van der Waals surface area contributed by atoms with Gasteiger partial charge in [-0.1, -0.05) is 30.3 Å². The smallest absolute Gasteiger partial charge is 0.272 e. The van der Waals surface area contributed by atoms with Crippen LogP contribution in [0.4, 0.5) is 24.5 Å². The number of nitro benzene ring substituents is 1. The fourth-order valence-electron chi connectivity index (χ4n) is 1.77. The largest absolute Gasteiger partial charge is 0.417 e. The van der Waals surface area contributed by atoms with Gasteiger partial charge in [0, 0.05) is 11.6 Å². The van der Waals surface area contributed by atoms with Gasteiger partial charge >= 0.3 is 6.18 Å². The number of anilines is 1. The molecule has 0 spiro atoms. The Kier molecular flexibility index (Phi) is 4.40. The van der Waals surface area contributed by atoms with Gasteiger partial charge in [-0.05, 0) is 12.1 Å². The molecule has 22 heavy (non-hydrogen) atoms. The van der Waals surface area contributed by atoms with Crippen molar-refractivity contribution in [2.24, 2.45) is 5.10 Å². The summed E-state index contributed by atoms with van der Waals surface area (Å²) in [5.41, 5.74) is 1.29. The standard InChI is InChI=1S/C14H10F3N3O2/c15-14(16,17)11-6-2-1-5-10(11)9-18-19-12-7-3-4-8-13(12)20(21)22/h1-9,19H/b18-9-. The normalized spacial score (nSPS) is 11.6. The van der Waals surface area contributed by atoms with E-state index >= 15 is 0 Å². The third kappa shape index (κ3) is 3.60. The molecule has 0 unspecified atom stereocenters. The number of hydrogen-bond donors (Lipinski definition) is 1. The van der Waals surface area contributed by atoms with Gasteiger partial charge in [-0.15, -0.1) is 0 Å². The Hall–Kier alpha value is -2.90. The number of hydrogen-bond acceptors (Lipinski definition) is 4. The first-order valence-electron chi connectivity index (χ1n) is 6.08. The van der Waals surface area contributed by atoms with Crippen LogP contribution in [0, 0.1) is 10.1 Å². The molecule has 0 amide bonds. The molecule has 0 aliphatic heterocycles. The van der Waals surface area contributed by atoms with Crippen molar-refractivity contribution in [1.82, 2.24) is 0 Å². The van der Waals surface area contributed by atoms with E-state index in [0.29, 0.717) is 0 Å². The first kappa shape index (κ1) is 15.5. The zero-order chi connectivity index (χ0) is 16.2. The van der Waals surface area contributed by atoms with E-state index in [2.05, 4.69) is 10.5 Å². The summed E-state index contributed by atoms with van der Waals surface area (Å²) in [6.45, 7) is 0. The number of alkyl halides is 3. The summed E-state index contributed by atoms with van der Waals surface area (Å²) in [5.74, 6) is 0. The average molecular weight is 309 g/mol. The lowest BCUT2D eigenvalue weighted by molar-refractivity contribution is -0.384. The molecule has 0 heterocycles. The second kappa shape index (κ2) is 6.25. The molecule has 114 valence electrons. The molecule has 0 radical (unpaired) electrons. The van der Waals surface area contributed by atoms with Gasteiger partial charge in [0.2, 0.25) is 0 Å². The van der Waals surface area contributed by atoms with Crippen LogP contribution in [0.15, 0.2) is 53.6 Å². The fourth-order valence-corrected chi connectivity index (χ4v) is 1.77. The lowest BCUT2D eigenvalue weighted by Gasteiger charge is -2.09. The van der Waals surface area contributed by atoms with E-state index < -0.39 is 16.7 Å². The highest BCUT2D eigenvalue weighted by atomic mass is 19.4. The van der Waals surface area contributed by atoms with E-state index in [0.717, 1.165) is 12.3 Å². The number of para-hydroxylation sites is 2. The summed E-state index contributed by atoms with van der Waals surface area (Å²) in [6.07, 6.45) is -3.53. The van der Waals surface area contributed by atoms with Crippen LogP contribution in [-0.4, -0.2) is 11.1 Å². The molecule has 2 aromatic carbocycles. The Labute approximate surface area is 123 Å². The second-order valence-corrected chi connectivity index (χ2v) is 4.23. The molecule has 5 nitrogen and oxygen atoms in total. The maximum atomic E-state index is 12.8. The van der Waals surface area contributed by atoms with Crippen LogP contribution >= 0.6 is 0 Å². The highest BCUT2D eigenvalue weighted by Gasteiger charge is 2.32. The van der Waals surface area contributed by atoms with Crippen LogP contribution in [-0.2, 0) is 6.18 Å². The highest BCUT2D eigenvalue weighted by molar-refractivity contribution is 5.82. The molecule has 0 saturated carbocycles. The van der Waals surface area contributed by atoms with Gasteiger partial charge in [0.05, 0.1) is 16.7 Å². The predicted octanol–water partition coefficient (Wildman–Crippen LogP) is 4.06. The number of nitrogens with one attached hydrogen (secondary N) is 1. The van der Waals surface area contributed by atoms with Gasteiger partial charge < -0.3 is 0 Å². The van der Waals surface area contributed by atoms with Crippen molar-refractivity contribution < 1.29 is 18.1 Å². The quantitative estimate of drug-likeness (QED) is 0.526. The molecule has 0 saturated heterocycles. The Morgan fingerprint density at radius 2 is 1.73 bits per heavy atom. The Morgan fingerprint density at radius 1 is 1.09 bits per heavy atom. The number of nitro groups is 1. The topological polar surface area (TPSA) is 67.5 Å². The van der Waals surface area contributed by atoms with Crippen LogP contribution in [0.2, 0.25) is 0 Å². The van der Waals surface area contributed by atoms with Gasteiger partial charge in [0.1, 0.15) is 5.69 Å². The molecular formula is C14H10F3N3O2. The van der Waals surface area contributed by atoms with Gasteiger partial charge in [-0.25, -0.2) is 0 Å². The predicted molar refractivity (Wildman–Crippen MR) is 75.8 cm³/mol. The molecule has 0 fully saturated rings. The van der Waals surface area contributed by atoms with E-state index in [1.165, 1.54) is 36.4 Å². The lowest BCUT2D eigenvalue weighted by atomic mass is 10.1. The number of nitrogens with zero attached hydrogens (tertiary/aromatic N) is 2. The first-order chi connectivity index (χ1) is 10.4. The number of rotatable bonds is 4. The van der Waals surface area contributed by atoms with Crippen LogP contribution < -0.4 is 5.43 Å². The van der Waals surface area contributed by atoms with Crippen molar-refractivity contribution in [3.05, 3.63) is 69.8 Å². The third-order valence-electron chi connectivity index (χ3n) is 2.76. The molecule has 1 N–H and O–H groups in total. The molecule has 0 aliphatic carbocycles. The molecule has 0 atom stereocenters. The molecule has 8 heteroatoms. The van der Waals surface area contributed by atoms with E-state index in [9.17, 15) is 23.3 Å². The zero-order valence-electron chi connectivity index (χ0n) is 11.0. The zero-order valence-corrected chi connectivity index (χ0v) is 11.0. The number of hydrazone groups is 1. The number of benzene rings is 2. The van der Waals surface area contributed by atoms with Gasteiger partial charge in [0.25, 0.3) is 5.69 Å². The molecular weight excluding hydrogens is 299 g/mol. The van der Waals surface area contributed by atoms with Crippen molar-refractivity contribution in [1.29, 1.82) is 0 Å². The molecule has 0 aliphatic rings. The van der Waals surface area contributed by atoms with Crippen molar-refractivity contribution in [3.63, 3.8) is 0 Å². The van der Waals surface area contributed by atoms with Crippen molar-refractivity contribution in [3.8, 4) is 0 Å². The summed E-state index contributed by atoms with van der Waals surface area (Å²) in [4.78, 5) is 10.2. The van der Waals surface area contributed by atoms with Gasteiger partial charge in [-0.3, -0.25) is 15.5 Å². The average Bonchev–Trinajstić information content (AvgIpc) is 2.47. The number of halogens is 3. The van der Waals surface area contributed by atoms with Crippen LogP contribution in [0.25, 0.3) is 0 Å². The minimum Gasteiger partial charge on any atom is -0.272 e. The Bertz CT molecular complexity index is 714. The maximum Gasteiger partial charge on any atom is 0.417 e. The summed E-state index contributed by atoms with van der Waals surface area (Å²) in [6, 6.07) is 10.6. The van der Waals surface area contributed by atoms with Crippen LogP contribution in [0.5, 0.6) is 0 Å². The summed E-state index contributed by atoms with van der Waals surface area (Å²) in [7, 11) is 0. The van der Waals surface area contributed by atoms with Gasteiger partial charge in [0.15, 0.2) is 0 Å². The van der Waals surface area contributed by atoms with Crippen molar-refractivity contribution in [2.45, 2.75) is 6.18 Å². The van der Waals surface area contributed by atoms with E-state index in [4.69, 9.17) is 0 Å². The van der Waals surface area contributed by atoms with Gasteiger partial charge in [-0.2, -0.15) is 18.3 Å². The van der Waals surface area contributed by atoms with Crippen LogP contribution in [0.1, 0.15) is 11.1 Å². The molecule has 0 bridgehead atoms. The third-order valence-corrected chi connectivity index (χ3v) is 2.76. The minimum atomic E-state index is -4.50. The molecule has 0 aromatic heterocycles. The molecule has 2 aromatic rings. The SMILES string of the molecule is O=[N+]([O-])c1ccccc1N/N=C\c1ccccc1C(F)(F)F. The van der Waals surface area contributed by atoms with Crippen molar-refractivity contribution in [2.75, 3.05) is 5.43 Å². The maximum absolute atomic E-state index is 12.8.